The summed E-state index contributed by atoms with van der Waals surface area (Å²) in [5, 5.41) is 3.42. The van der Waals surface area contributed by atoms with E-state index in [2.05, 4.69) is 35.1 Å². The molecule has 1 aromatic carbocycles. The summed E-state index contributed by atoms with van der Waals surface area (Å²) in [6.45, 7) is 5.19. The van der Waals surface area contributed by atoms with E-state index in [0.717, 1.165) is 30.3 Å². The fraction of sp³-hybridized carbons (Fsp3) is 0.333. The number of aryl methyl sites for hydroxylation is 1. The van der Waals surface area contributed by atoms with Crippen molar-refractivity contribution < 1.29 is 9.47 Å². The molecule has 19 heavy (non-hydrogen) atoms. The summed E-state index contributed by atoms with van der Waals surface area (Å²) >= 11 is 0. The van der Waals surface area contributed by atoms with E-state index in [1.165, 1.54) is 5.69 Å². The molecule has 100 valence electrons. The average molecular weight is 258 g/mol. The van der Waals surface area contributed by atoms with Gasteiger partial charge < -0.3 is 19.4 Å². The second-order valence-electron chi connectivity index (χ2n) is 4.50. The fourth-order valence-corrected chi connectivity index (χ4v) is 2.26. The molecule has 0 unspecified atom stereocenters. The predicted molar refractivity (Wildman–Crippen MR) is 74.9 cm³/mol. The number of aromatic nitrogens is 1. The third-order valence-electron chi connectivity index (χ3n) is 3.28. The topological polar surface area (TPSA) is 35.4 Å². The summed E-state index contributed by atoms with van der Waals surface area (Å²) in [5.41, 5.74) is 2.32. The van der Waals surface area contributed by atoms with E-state index < -0.39 is 0 Å². The lowest BCUT2D eigenvalue weighted by Crippen LogP contribution is -2.15. The summed E-state index contributed by atoms with van der Waals surface area (Å²) in [6, 6.07) is 10.2. The van der Waals surface area contributed by atoms with Gasteiger partial charge in [0.1, 0.15) is 13.2 Å². The van der Waals surface area contributed by atoms with Crippen molar-refractivity contribution in [1.29, 1.82) is 0 Å². The van der Waals surface area contributed by atoms with E-state index >= 15 is 0 Å². The van der Waals surface area contributed by atoms with E-state index in [1.807, 2.05) is 18.2 Å². The third-order valence-corrected chi connectivity index (χ3v) is 3.28. The SMILES string of the molecule is CCn1cccc1CNc1ccc2c(c1)OCCO2. The van der Waals surface area contributed by atoms with Gasteiger partial charge in [-0.3, -0.25) is 0 Å². The Kier molecular flexibility index (Phi) is 3.31. The molecule has 0 saturated carbocycles. The highest BCUT2D eigenvalue weighted by atomic mass is 16.6. The number of ether oxygens (including phenoxy) is 2. The van der Waals surface area contributed by atoms with Gasteiger partial charge in [0.25, 0.3) is 0 Å². The summed E-state index contributed by atoms with van der Waals surface area (Å²) in [5.74, 6) is 1.65. The van der Waals surface area contributed by atoms with Gasteiger partial charge in [-0.05, 0) is 31.2 Å². The average Bonchev–Trinajstić information content (AvgIpc) is 2.92. The van der Waals surface area contributed by atoms with Crippen LogP contribution in [-0.2, 0) is 13.1 Å². The zero-order valence-electron chi connectivity index (χ0n) is 11.1. The predicted octanol–water partition coefficient (Wildman–Crippen LogP) is 2.89. The number of hydrogen-bond donors (Lipinski definition) is 1. The Morgan fingerprint density at radius 1 is 1.16 bits per heavy atom. The van der Waals surface area contributed by atoms with Gasteiger partial charge in [-0.15, -0.1) is 0 Å². The molecule has 4 heteroatoms. The molecule has 0 fully saturated rings. The van der Waals surface area contributed by atoms with Gasteiger partial charge in [0.05, 0.1) is 6.54 Å². The smallest absolute Gasteiger partial charge is 0.163 e. The highest BCUT2D eigenvalue weighted by Gasteiger charge is 2.11. The highest BCUT2D eigenvalue weighted by Crippen LogP contribution is 2.32. The van der Waals surface area contributed by atoms with E-state index in [4.69, 9.17) is 9.47 Å². The van der Waals surface area contributed by atoms with Gasteiger partial charge in [0, 0.05) is 30.2 Å². The van der Waals surface area contributed by atoms with Gasteiger partial charge in [0.15, 0.2) is 11.5 Å². The first kappa shape index (κ1) is 12.0. The lowest BCUT2D eigenvalue weighted by atomic mass is 10.2. The van der Waals surface area contributed by atoms with Gasteiger partial charge in [-0.2, -0.15) is 0 Å². The number of nitrogens with zero attached hydrogens (tertiary/aromatic N) is 1. The van der Waals surface area contributed by atoms with Gasteiger partial charge in [-0.1, -0.05) is 0 Å². The molecule has 1 aliphatic rings. The Bertz CT molecular complexity index is 563. The van der Waals surface area contributed by atoms with Crippen molar-refractivity contribution >= 4 is 5.69 Å². The van der Waals surface area contributed by atoms with Crippen LogP contribution in [0, 0.1) is 0 Å². The minimum absolute atomic E-state index is 0.620. The molecule has 1 aliphatic heterocycles. The number of benzene rings is 1. The maximum absolute atomic E-state index is 5.58. The molecule has 0 bridgehead atoms. The van der Waals surface area contributed by atoms with Crippen LogP contribution in [0.15, 0.2) is 36.5 Å². The van der Waals surface area contributed by atoms with Crippen molar-refractivity contribution in [2.75, 3.05) is 18.5 Å². The second kappa shape index (κ2) is 5.26. The van der Waals surface area contributed by atoms with E-state index in [-0.39, 0.29) is 0 Å². The molecule has 1 N–H and O–H groups in total. The maximum Gasteiger partial charge on any atom is 0.163 e. The molecule has 0 spiro atoms. The molecule has 0 radical (unpaired) electrons. The molecule has 0 amide bonds. The normalized spacial score (nSPS) is 13.3. The summed E-state index contributed by atoms with van der Waals surface area (Å²) in [7, 11) is 0. The summed E-state index contributed by atoms with van der Waals surface area (Å²) < 4.78 is 13.3. The Morgan fingerprint density at radius 3 is 2.84 bits per heavy atom. The molecule has 0 aliphatic carbocycles. The first-order valence-corrected chi connectivity index (χ1v) is 6.64. The number of nitrogens with one attached hydrogen (secondary N) is 1. The van der Waals surface area contributed by atoms with Crippen LogP contribution in [0.25, 0.3) is 0 Å². The Hall–Kier alpha value is -2.10. The van der Waals surface area contributed by atoms with Crippen molar-refractivity contribution in [1.82, 2.24) is 4.57 Å². The van der Waals surface area contributed by atoms with Crippen molar-refractivity contribution in [2.45, 2.75) is 20.0 Å². The molecule has 2 heterocycles. The first-order chi connectivity index (χ1) is 9.36. The number of anilines is 1. The van der Waals surface area contributed by atoms with Crippen LogP contribution in [0.3, 0.4) is 0 Å². The zero-order chi connectivity index (χ0) is 13.1. The Labute approximate surface area is 113 Å². The molecular weight excluding hydrogens is 240 g/mol. The van der Waals surface area contributed by atoms with Gasteiger partial charge in [-0.25, -0.2) is 0 Å². The van der Waals surface area contributed by atoms with Crippen molar-refractivity contribution in [3.05, 3.63) is 42.2 Å². The standard InChI is InChI=1S/C15H18N2O2/c1-2-17-7-3-4-13(17)11-16-12-5-6-14-15(10-12)19-9-8-18-14/h3-7,10,16H,2,8-9,11H2,1H3. The zero-order valence-corrected chi connectivity index (χ0v) is 11.1. The molecule has 0 saturated heterocycles. The van der Waals surface area contributed by atoms with Crippen molar-refractivity contribution in [3.63, 3.8) is 0 Å². The van der Waals surface area contributed by atoms with Crippen LogP contribution in [0.4, 0.5) is 5.69 Å². The molecule has 2 aromatic rings. The Morgan fingerprint density at radius 2 is 2.00 bits per heavy atom. The molecule has 4 nitrogen and oxygen atoms in total. The molecule has 1 aromatic heterocycles. The molecule has 0 atom stereocenters. The monoisotopic (exact) mass is 258 g/mol. The van der Waals surface area contributed by atoms with Crippen LogP contribution in [-0.4, -0.2) is 17.8 Å². The Balaban J connectivity index is 1.70. The van der Waals surface area contributed by atoms with Crippen LogP contribution in [0.2, 0.25) is 0 Å². The van der Waals surface area contributed by atoms with Crippen LogP contribution >= 0.6 is 0 Å². The van der Waals surface area contributed by atoms with E-state index in [0.29, 0.717) is 13.2 Å². The summed E-state index contributed by atoms with van der Waals surface area (Å²) in [4.78, 5) is 0. The fourth-order valence-electron chi connectivity index (χ4n) is 2.26. The lowest BCUT2D eigenvalue weighted by molar-refractivity contribution is 0.171. The third kappa shape index (κ3) is 2.52. The van der Waals surface area contributed by atoms with E-state index in [9.17, 15) is 0 Å². The number of fused-ring (bicyclic) bond motifs is 1. The van der Waals surface area contributed by atoms with Gasteiger partial charge in [0.2, 0.25) is 0 Å². The molecular formula is C15H18N2O2. The molecule has 3 rings (SSSR count). The van der Waals surface area contributed by atoms with Crippen molar-refractivity contribution in [3.8, 4) is 11.5 Å². The van der Waals surface area contributed by atoms with Crippen LogP contribution in [0.1, 0.15) is 12.6 Å². The minimum Gasteiger partial charge on any atom is -0.486 e. The quantitative estimate of drug-likeness (QED) is 0.916. The largest absolute Gasteiger partial charge is 0.486 e. The van der Waals surface area contributed by atoms with Gasteiger partial charge >= 0.3 is 0 Å². The number of rotatable bonds is 4. The second-order valence-corrected chi connectivity index (χ2v) is 4.50. The first-order valence-electron chi connectivity index (χ1n) is 6.64. The van der Waals surface area contributed by atoms with Crippen LogP contribution < -0.4 is 14.8 Å². The van der Waals surface area contributed by atoms with E-state index in [1.54, 1.807) is 0 Å². The lowest BCUT2D eigenvalue weighted by Gasteiger charge is -2.19. The maximum atomic E-state index is 5.58. The van der Waals surface area contributed by atoms with Crippen molar-refractivity contribution in [2.24, 2.45) is 0 Å². The highest BCUT2D eigenvalue weighted by molar-refractivity contribution is 5.55. The minimum atomic E-state index is 0.620. The van der Waals surface area contributed by atoms with Crippen LogP contribution in [0.5, 0.6) is 11.5 Å². The summed E-state index contributed by atoms with van der Waals surface area (Å²) in [6.07, 6.45) is 2.10. The number of hydrogen-bond acceptors (Lipinski definition) is 3.